The van der Waals surface area contributed by atoms with Gasteiger partial charge in [-0.3, -0.25) is 4.98 Å². The Morgan fingerprint density at radius 2 is 2.00 bits per heavy atom. The van der Waals surface area contributed by atoms with E-state index in [4.69, 9.17) is 16.7 Å². The zero-order valence-electron chi connectivity index (χ0n) is 6.46. The second kappa shape index (κ2) is 3.23. The molecule has 0 aliphatic heterocycles. The number of aromatic nitrogens is 1. The van der Waals surface area contributed by atoms with E-state index in [1.54, 1.807) is 6.07 Å². The van der Waals surface area contributed by atoms with Gasteiger partial charge in [0.1, 0.15) is 11.8 Å². The molecule has 0 spiro atoms. The van der Waals surface area contributed by atoms with E-state index in [0.29, 0.717) is 0 Å². The Hall–Kier alpha value is -1.90. The lowest BCUT2D eigenvalue weighted by molar-refractivity contribution is 0.147. The molecule has 0 aromatic carbocycles. The number of hydrogen-bond acceptors (Lipinski definition) is 4. The highest BCUT2D eigenvalue weighted by Crippen LogP contribution is 2.28. The quantitative estimate of drug-likeness (QED) is 0.682. The second-order valence-electron chi connectivity index (χ2n) is 2.30. The first-order valence-corrected chi connectivity index (χ1v) is 3.30. The van der Waals surface area contributed by atoms with Gasteiger partial charge in [-0.05, 0) is 0 Å². The third-order valence-corrected chi connectivity index (χ3v) is 1.52. The van der Waals surface area contributed by atoms with Crippen LogP contribution in [0.4, 0.5) is 20.2 Å². The van der Waals surface area contributed by atoms with Crippen LogP contribution in [0.2, 0.25) is 0 Å². The van der Waals surface area contributed by atoms with E-state index in [0.717, 1.165) is 6.20 Å². The van der Waals surface area contributed by atoms with Crippen molar-refractivity contribution in [3.05, 3.63) is 17.5 Å². The Morgan fingerprint density at radius 3 is 2.46 bits per heavy atom. The third-order valence-electron chi connectivity index (χ3n) is 1.52. The highest BCUT2D eigenvalue weighted by atomic mass is 19.3. The standard InChI is InChI=1S/C7H6F2N4/c8-7(9)6-5(12)4(11)3(1-10)2-13-6/h2,7H,12H2,(H2,11,13). The number of pyridine rings is 1. The molecule has 68 valence electrons. The van der Waals surface area contributed by atoms with Crippen LogP contribution < -0.4 is 11.5 Å². The smallest absolute Gasteiger partial charge is 0.282 e. The summed E-state index contributed by atoms with van der Waals surface area (Å²) in [5.41, 5.74) is 9.50. The Labute approximate surface area is 72.8 Å². The van der Waals surface area contributed by atoms with Gasteiger partial charge in [-0.2, -0.15) is 5.26 Å². The molecule has 4 N–H and O–H groups in total. The maximum atomic E-state index is 12.2. The summed E-state index contributed by atoms with van der Waals surface area (Å²) in [5.74, 6) is 0. The van der Waals surface area contributed by atoms with Crippen molar-refractivity contribution in [2.45, 2.75) is 6.43 Å². The van der Waals surface area contributed by atoms with Crippen molar-refractivity contribution in [1.29, 1.82) is 5.26 Å². The second-order valence-corrected chi connectivity index (χ2v) is 2.30. The number of nitrogens with zero attached hydrogens (tertiary/aromatic N) is 2. The number of nitriles is 1. The van der Waals surface area contributed by atoms with Crippen LogP contribution >= 0.6 is 0 Å². The normalized spacial score (nSPS) is 10.0. The van der Waals surface area contributed by atoms with Crippen molar-refractivity contribution in [2.24, 2.45) is 0 Å². The van der Waals surface area contributed by atoms with Gasteiger partial charge in [0.2, 0.25) is 0 Å². The Kier molecular flexibility index (Phi) is 2.28. The lowest BCUT2D eigenvalue weighted by atomic mass is 10.2. The molecule has 6 heteroatoms. The summed E-state index contributed by atoms with van der Waals surface area (Å²) in [7, 11) is 0. The molecular formula is C7H6F2N4. The fourth-order valence-electron chi connectivity index (χ4n) is 0.819. The average Bonchev–Trinajstić information content (AvgIpc) is 2.09. The Morgan fingerprint density at radius 1 is 1.38 bits per heavy atom. The molecule has 1 aromatic rings. The molecule has 0 aliphatic rings. The highest BCUT2D eigenvalue weighted by molar-refractivity contribution is 5.72. The van der Waals surface area contributed by atoms with Crippen LogP contribution in [-0.4, -0.2) is 4.98 Å². The van der Waals surface area contributed by atoms with Gasteiger partial charge in [0.05, 0.1) is 16.9 Å². The molecule has 0 fully saturated rings. The van der Waals surface area contributed by atoms with Crippen LogP contribution in [0.25, 0.3) is 0 Å². The average molecular weight is 184 g/mol. The first-order valence-electron chi connectivity index (χ1n) is 3.30. The molecule has 0 amide bonds. The van der Waals surface area contributed by atoms with E-state index in [1.807, 2.05) is 0 Å². The predicted octanol–water partition coefficient (Wildman–Crippen LogP) is 1.06. The van der Waals surface area contributed by atoms with Gasteiger partial charge in [0.25, 0.3) is 6.43 Å². The fraction of sp³-hybridized carbons (Fsp3) is 0.143. The largest absolute Gasteiger partial charge is 0.396 e. The van der Waals surface area contributed by atoms with Gasteiger partial charge >= 0.3 is 0 Å². The monoisotopic (exact) mass is 184 g/mol. The molecule has 0 atom stereocenters. The molecule has 0 unspecified atom stereocenters. The van der Waals surface area contributed by atoms with Crippen LogP contribution in [0.5, 0.6) is 0 Å². The van der Waals surface area contributed by atoms with Gasteiger partial charge in [-0.25, -0.2) is 8.78 Å². The molecule has 0 saturated carbocycles. The fourth-order valence-corrected chi connectivity index (χ4v) is 0.819. The van der Waals surface area contributed by atoms with E-state index < -0.39 is 12.1 Å². The molecule has 0 radical (unpaired) electrons. The van der Waals surface area contributed by atoms with Crippen molar-refractivity contribution in [1.82, 2.24) is 4.98 Å². The summed E-state index contributed by atoms with van der Waals surface area (Å²) in [4.78, 5) is 3.33. The molecule has 1 heterocycles. The maximum Gasteiger partial charge on any atom is 0.282 e. The summed E-state index contributed by atoms with van der Waals surface area (Å²) in [6, 6.07) is 1.69. The Balaban J connectivity index is 3.33. The molecule has 4 nitrogen and oxygen atoms in total. The lowest BCUT2D eigenvalue weighted by Crippen LogP contribution is -2.05. The summed E-state index contributed by atoms with van der Waals surface area (Å²) in [6.07, 6.45) is -1.80. The SMILES string of the molecule is N#Cc1cnc(C(F)F)c(N)c1N. The Bertz CT molecular complexity index is 369. The van der Waals surface area contributed by atoms with Crippen LogP contribution in [-0.2, 0) is 0 Å². The van der Waals surface area contributed by atoms with E-state index in [2.05, 4.69) is 4.98 Å². The summed E-state index contributed by atoms with van der Waals surface area (Å²) in [6.45, 7) is 0. The topological polar surface area (TPSA) is 88.7 Å². The van der Waals surface area contributed by atoms with Gasteiger partial charge in [0.15, 0.2) is 0 Å². The third kappa shape index (κ3) is 1.49. The molecule has 0 aliphatic carbocycles. The first kappa shape index (κ1) is 9.19. The molecule has 1 rings (SSSR count). The minimum Gasteiger partial charge on any atom is -0.396 e. The highest BCUT2D eigenvalue weighted by Gasteiger charge is 2.16. The predicted molar refractivity (Wildman–Crippen MR) is 42.7 cm³/mol. The van der Waals surface area contributed by atoms with E-state index in [-0.39, 0.29) is 16.9 Å². The molecule has 1 aromatic heterocycles. The number of nitrogen functional groups attached to an aromatic ring is 2. The molecule has 13 heavy (non-hydrogen) atoms. The summed E-state index contributed by atoms with van der Waals surface area (Å²) < 4.78 is 24.3. The van der Waals surface area contributed by atoms with Gasteiger partial charge in [-0.1, -0.05) is 0 Å². The number of alkyl halides is 2. The molecule has 0 bridgehead atoms. The maximum absolute atomic E-state index is 12.2. The van der Waals surface area contributed by atoms with Gasteiger partial charge < -0.3 is 11.5 Å². The summed E-state index contributed by atoms with van der Waals surface area (Å²) >= 11 is 0. The first-order chi connectivity index (χ1) is 6.07. The lowest BCUT2D eigenvalue weighted by Gasteiger charge is -2.06. The van der Waals surface area contributed by atoms with Crippen LogP contribution in [0.3, 0.4) is 0 Å². The minimum absolute atomic E-state index is 0.00176. The van der Waals surface area contributed by atoms with Crippen molar-refractivity contribution >= 4 is 11.4 Å². The van der Waals surface area contributed by atoms with Crippen molar-refractivity contribution < 1.29 is 8.78 Å². The number of rotatable bonds is 1. The number of anilines is 2. The van der Waals surface area contributed by atoms with Gasteiger partial charge in [-0.15, -0.1) is 0 Å². The molecule has 0 saturated heterocycles. The van der Waals surface area contributed by atoms with Crippen molar-refractivity contribution in [3.8, 4) is 6.07 Å². The number of halogens is 2. The zero-order valence-corrected chi connectivity index (χ0v) is 6.46. The van der Waals surface area contributed by atoms with E-state index in [1.165, 1.54) is 0 Å². The summed E-state index contributed by atoms with van der Waals surface area (Å²) in [5, 5.41) is 8.46. The van der Waals surface area contributed by atoms with E-state index in [9.17, 15) is 8.78 Å². The van der Waals surface area contributed by atoms with Crippen molar-refractivity contribution in [3.63, 3.8) is 0 Å². The zero-order chi connectivity index (χ0) is 10.0. The number of hydrogen-bond donors (Lipinski definition) is 2. The van der Waals surface area contributed by atoms with Crippen LogP contribution in [0, 0.1) is 11.3 Å². The van der Waals surface area contributed by atoms with Crippen LogP contribution in [0.1, 0.15) is 17.7 Å². The molecular weight excluding hydrogens is 178 g/mol. The minimum atomic E-state index is -2.78. The van der Waals surface area contributed by atoms with Crippen molar-refractivity contribution in [2.75, 3.05) is 11.5 Å². The number of nitrogens with two attached hydrogens (primary N) is 2. The van der Waals surface area contributed by atoms with E-state index >= 15 is 0 Å². The van der Waals surface area contributed by atoms with Gasteiger partial charge in [0, 0.05) is 6.20 Å². The van der Waals surface area contributed by atoms with Crippen LogP contribution in [0.15, 0.2) is 6.20 Å².